The van der Waals surface area contributed by atoms with E-state index >= 15 is 0 Å². The Kier molecular flexibility index (Phi) is 5.18. The number of nitrogens with zero attached hydrogens (tertiary/aromatic N) is 4. The van der Waals surface area contributed by atoms with E-state index in [1.165, 1.54) is 18.2 Å². The first-order valence-electron chi connectivity index (χ1n) is 10.8. The van der Waals surface area contributed by atoms with Gasteiger partial charge in [-0.2, -0.15) is 5.10 Å². The molecule has 0 unspecified atom stereocenters. The molecule has 0 atom stereocenters. The number of piperazine rings is 1. The Labute approximate surface area is 179 Å². The number of carbonyl (C=O) groups is 1. The van der Waals surface area contributed by atoms with Gasteiger partial charge in [0.25, 0.3) is 5.91 Å². The minimum atomic E-state index is -0.297. The fraction of sp³-hybridized carbons (Fsp3) is 0.333. The van der Waals surface area contributed by atoms with E-state index in [0.717, 1.165) is 42.6 Å². The minimum Gasteiger partial charge on any atom is -0.366 e. The molecule has 0 radical (unpaired) electrons. The van der Waals surface area contributed by atoms with Crippen molar-refractivity contribution in [2.45, 2.75) is 25.7 Å². The number of hydrogen-bond donors (Lipinski definition) is 0. The van der Waals surface area contributed by atoms with Crippen molar-refractivity contribution in [3.8, 4) is 5.69 Å². The number of para-hydroxylation sites is 1. The molecule has 1 fully saturated rings. The SMILES string of the molecule is O=C(c1nn(-c2ccc(F)cc2)c2c1CCCC2)N1CCN(c2ccccc2F)CC1. The minimum absolute atomic E-state index is 0.0767. The van der Waals surface area contributed by atoms with Crippen molar-refractivity contribution in [1.29, 1.82) is 0 Å². The number of rotatable bonds is 3. The third-order valence-corrected chi connectivity index (χ3v) is 6.21. The van der Waals surface area contributed by atoms with Crippen molar-refractivity contribution in [2.75, 3.05) is 31.1 Å². The number of hydrogen-bond acceptors (Lipinski definition) is 3. The molecule has 1 aromatic heterocycles. The molecule has 2 aromatic carbocycles. The van der Waals surface area contributed by atoms with Crippen LogP contribution in [0.25, 0.3) is 5.69 Å². The smallest absolute Gasteiger partial charge is 0.274 e. The Morgan fingerprint density at radius 2 is 1.58 bits per heavy atom. The van der Waals surface area contributed by atoms with Crippen LogP contribution >= 0.6 is 0 Å². The van der Waals surface area contributed by atoms with Crippen LogP contribution in [0.5, 0.6) is 0 Å². The van der Waals surface area contributed by atoms with Crippen LogP contribution in [0.2, 0.25) is 0 Å². The molecule has 3 aromatic rings. The van der Waals surface area contributed by atoms with Crippen LogP contribution < -0.4 is 4.90 Å². The molecule has 1 aliphatic heterocycles. The van der Waals surface area contributed by atoms with Gasteiger partial charge in [0.05, 0.1) is 11.4 Å². The summed E-state index contributed by atoms with van der Waals surface area (Å²) in [6.07, 6.45) is 3.76. The molecule has 1 amide bonds. The van der Waals surface area contributed by atoms with E-state index in [1.807, 2.05) is 15.9 Å². The molecule has 2 heterocycles. The van der Waals surface area contributed by atoms with Gasteiger partial charge in [0.15, 0.2) is 5.69 Å². The lowest BCUT2D eigenvalue weighted by molar-refractivity contribution is 0.0739. The Morgan fingerprint density at radius 1 is 0.871 bits per heavy atom. The Balaban J connectivity index is 1.39. The Bertz CT molecular complexity index is 1100. The Morgan fingerprint density at radius 3 is 2.32 bits per heavy atom. The van der Waals surface area contributed by atoms with Gasteiger partial charge >= 0.3 is 0 Å². The van der Waals surface area contributed by atoms with Crippen molar-refractivity contribution in [1.82, 2.24) is 14.7 Å². The summed E-state index contributed by atoms with van der Waals surface area (Å²) in [7, 11) is 0. The van der Waals surface area contributed by atoms with Crippen molar-refractivity contribution < 1.29 is 13.6 Å². The highest BCUT2D eigenvalue weighted by Crippen LogP contribution is 2.28. The molecule has 7 heteroatoms. The maximum absolute atomic E-state index is 14.1. The van der Waals surface area contributed by atoms with E-state index in [0.29, 0.717) is 37.6 Å². The summed E-state index contributed by atoms with van der Waals surface area (Å²) in [5.74, 6) is -0.615. The molecule has 5 rings (SSSR count). The number of halogens is 2. The van der Waals surface area contributed by atoms with E-state index in [9.17, 15) is 13.6 Å². The molecular weight excluding hydrogens is 398 g/mol. The van der Waals surface area contributed by atoms with Crippen LogP contribution in [0.4, 0.5) is 14.5 Å². The van der Waals surface area contributed by atoms with E-state index in [-0.39, 0.29) is 17.5 Å². The van der Waals surface area contributed by atoms with Crippen molar-refractivity contribution in [3.63, 3.8) is 0 Å². The maximum atomic E-state index is 14.1. The van der Waals surface area contributed by atoms with Crippen LogP contribution in [0.1, 0.15) is 34.6 Å². The average Bonchev–Trinajstić information content (AvgIpc) is 3.19. The molecule has 5 nitrogen and oxygen atoms in total. The van der Waals surface area contributed by atoms with Gasteiger partial charge < -0.3 is 9.80 Å². The van der Waals surface area contributed by atoms with E-state index in [4.69, 9.17) is 0 Å². The van der Waals surface area contributed by atoms with Gasteiger partial charge in [0.1, 0.15) is 11.6 Å². The normalized spacial score (nSPS) is 16.3. The fourth-order valence-electron chi connectivity index (χ4n) is 4.58. The largest absolute Gasteiger partial charge is 0.366 e. The van der Waals surface area contributed by atoms with E-state index in [1.54, 1.807) is 28.9 Å². The van der Waals surface area contributed by atoms with Gasteiger partial charge in [-0.25, -0.2) is 13.5 Å². The van der Waals surface area contributed by atoms with E-state index in [2.05, 4.69) is 5.10 Å². The first kappa shape index (κ1) is 19.7. The van der Waals surface area contributed by atoms with Crippen molar-refractivity contribution in [3.05, 3.63) is 77.1 Å². The number of benzene rings is 2. The van der Waals surface area contributed by atoms with Gasteiger partial charge in [-0.05, 0) is 62.1 Å². The highest BCUT2D eigenvalue weighted by Gasteiger charge is 2.30. The summed E-state index contributed by atoms with van der Waals surface area (Å²) in [5, 5.41) is 4.69. The van der Waals surface area contributed by atoms with Gasteiger partial charge in [-0.1, -0.05) is 12.1 Å². The Hall–Kier alpha value is -3.22. The third-order valence-electron chi connectivity index (χ3n) is 6.21. The monoisotopic (exact) mass is 422 g/mol. The number of carbonyl (C=O) groups excluding carboxylic acids is 1. The lowest BCUT2D eigenvalue weighted by atomic mass is 9.95. The lowest BCUT2D eigenvalue weighted by Gasteiger charge is -2.36. The molecule has 0 spiro atoms. The second-order valence-corrected chi connectivity index (χ2v) is 8.10. The van der Waals surface area contributed by atoms with Crippen LogP contribution in [0, 0.1) is 11.6 Å². The summed E-state index contributed by atoms with van der Waals surface area (Å²) < 4.78 is 29.3. The zero-order chi connectivity index (χ0) is 21.4. The highest BCUT2D eigenvalue weighted by atomic mass is 19.1. The lowest BCUT2D eigenvalue weighted by Crippen LogP contribution is -2.49. The van der Waals surface area contributed by atoms with Gasteiger partial charge in [0, 0.05) is 37.4 Å². The number of aromatic nitrogens is 2. The standard InChI is InChI=1S/C24H24F2N4O/c25-17-9-11-18(12-10-17)30-21-7-3-1-5-19(21)23(27-30)24(31)29-15-13-28(14-16-29)22-8-4-2-6-20(22)26/h2,4,6,8-12H,1,3,5,7,13-16H2. The van der Waals surface area contributed by atoms with Crippen LogP contribution in [-0.4, -0.2) is 46.8 Å². The van der Waals surface area contributed by atoms with Crippen LogP contribution in [0.15, 0.2) is 48.5 Å². The summed E-state index contributed by atoms with van der Waals surface area (Å²) >= 11 is 0. The van der Waals surface area contributed by atoms with Crippen molar-refractivity contribution >= 4 is 11.6 Å². The van der Waals surface area contributed by atoms with Crippen LogP contribution in [-0.2, 0) is 12.8 Å². The van der Waals surface area contributed by atoms with Crippen molar-refractivity contribution in [2.24, 2.45) is 0 Å². The zero-order valence-corrected chi connectivity index (χ0v) is 17.2. The summed E-state index contributed by atoms with van der Waals surface area (Å²) in [5.41, 5.74) is 3.90. The summed E-state index contributed by atoms with van der Waals surface area (Å²) in [6.45, 7) is 2.19. The molecule has 0 bridgehead atoms. The van der Waals surface area contributed by atoms with Gasteiger partial charge in [0.2, 0.25) is 0 Å². The van der Waals surface area contributed by atoms with Gasteiger partial charge in [-0.3, -0.25) is 4.79 Å². The highest BCUT2D eigenvalue weighted by molar-refractivity contribution is 5.94. The first-order chi connectivity index (χ1) is 15.1. The number of fused-ring (bicyclic) bond motifs is 1. The predicted octanol–water partition coefficient (Wildman–Crippen LogP) is 3.99. The third kappa shape index (κ3) is 3.69. The van der Waals surface area contributed by atoms with E-state index < -0.39 is 0 Å². The molecule has 1 saturated heterocycles. The first-order valence-corrected chi connectivity index (χ1v) is 10.8. The second-order valence-electron chi connectivity index (χ2n) is 8.10. The molecular formula is C24H24F2N4O. The molecule has 0 N–H and O–H groups in total. The topological polar surface area (TPSA) is 41.4 Å². The average molecular weight is 422 g/mol. The number of anilines is 1. The maximum Gasteiger partial charge on any atom is 0.274 e. The molecule has 160 valence electrons. The molecule has 31 heavy (non-hydrogen) atoms. The summed E-state index contributed by atoms with van der Waals surface area (Å²) in [4.78, 5) is 17.2. The molecule has 0 saturated carbocycles. The molecule has 1 aliphatic carbocycles. The van der Waals surface area contributed by atoms with Gasteiger partial charge in [-0.15, -0.1) is 0 Å². The number of amides is 1. The zero-order valence-electron chi connectivity index (χ0n) is 17.2. The van der Waals surface area contributed by atoms with Crippen LogP contribution in [0.3, 0.4) is 0 Å². The quantitative estimate of drug-likeness (QED) is 0.641. The fourth-order valence-corrected chi connectivity index (χ4v) is 4.58. The summed E-state index contributed by atoms with van der Waals surface area (Å²) in [6, 6.07) is 12.9. The predicted molar refractivity (Wildman–Crippen MR) is 115 cm³/mol. The molecule has 2 aliphatic rings. The second kappa shape index (κ2) is 8.13.